The predicted molar refractivity (Wildman–Crippen MR) is 48.5 cm³/mol. The summed E-state index contributed by atoms with van der Waals surface area (Å²) in [6, 6.07) is 0. The van der Waals surface area contributed by atoms with Crippen LogP contribution in [0.2, 0.25) is 0 Å². The van der Waals surface area contributed by atoms with E-state index in [4.69, 9.17) is 9.05 Å². The highest BCUT2D eigenvalue weighted by Gasteiger charge is 2.28. The number of unbranched alkanes of at least 4 members (excludes halogenated alkanes) is 3. The van der Waals surface area contributed by atoms with Crippen molar-refractivity contribution in [3.63, 3.8) is 0 Å². The van der Waals surface area contributed by atoms with Crippen LogP contribution in [0, 0.1) is 0 Å². The summed E-state index contributed by atoms with van der Waals surface area (Å²) < 4.78 is 21.6. The SMILES string of the molecule is CCCCCCP1(=O)OCCO1. The lowest BCUT2D eigenvalue weighted by Crippen LogP contribution is -1.89. The van der Waals surface area contributed by atoms with Gasteiger partial charge >= 0.3 is 7.60 Å². The molecular formula is C8H17O3P. The maximum absolute atomic E-state index is 11.5. The summed E-state index contributed by atoms with van der Waals surface area (Å²) >= 11 is 0. The monoisotopic (exact) mass is 192 g/mol. The lowest BCUT2D eigenvalue weighted by atomic mass is 10.2. The van der Waals surface area contributed by atoms with Crippen molar-refractivity contribution in [2.75, 3.05) is 19.4 Å². The first-order valence-corrected chi connectivity index (χ1v) is 6.38. The third kappa shape index (κ3) is 3.26. The van der Waals surface area contributed by atoms with Gasteiger partial charge in [-0.2, -0.15) is 0 Å². The van der Waals surface area contributed by atoms with Crippen molar-refractivity contribution in [2.24, 2.45) is 0 Å². The molecule has 1 aliphatic heterocycles. The largest absolute Gasteiger partial charge is 0.330 e. The van der Waals surface area contributed by atoms with E-state index < -0.39 is 7.60 Å². The molecule has 1 saturated heterocycles. The second kappa shape index (κ2) is 5.00. The smallest absolute Gasteiger partial charge is 0.306 e. The minimum absolute atomic E-state index is 0.505. The molecule has 0 N–H and O–H groups in total. The Labute approximate surface area is 74.0 Å². The van der Waals surface area contributed by atoms with Gasteiger partial charge in [0, 0.05) is 0 Å². The predicted octanol–water partition coefficient (Wildman–Crippen LogP) is 2.81. The Hall–Kier alpha value is 0.150. The van der Waals surface area contributed by atoms with Gasteiger partial charge in [0.05, 0.1) is 19.4 Å². The van der Waals surface area contributed by atoms with Crippen molar-refractivity contribution in [2.45, 2.75) is 32.6 Å². The molecule has 0 aromatic heterocycles. The Morgan fingerprint density at radius 2 is 1.83 bits per heavy atom. The van der Waals surface area contributed by atoms with Crippen molar-refractivity contribution in [3.05, 3.63) is 0 Å². The highest BCUT2D eigenvalue weighted by atomic mass is 31.2. The van der Waals surface area contributed by atoms with E-state index >= 15 is 0 Å². The Balaban J connectivity index is 2.09. The summed E-state index contributed by atoms with van der Waals surface area (Å²) in [5.74, 6) is 0. The van der Waals surface area contributed by atoms with E-state index in [1.807, 2.05) is 0 Å². The molecule has 1 rings (SSSR count). The van der Waals surface area contributed by atoms with Crippen LogP contribution >= 0.6 is 7.60 Å². The van der Waals surface area contributed by atoms with E-state index in [1.54, 1.807) is 0 Å². The van der Waals surface area contributed by atoms with Crippen LogP contribution in [0.4, 0.5) is 0 Å². The zero-order valence-corrected chi connectivity index (χ0v) is 8.52. The van der Waals surface area contributed by atoms with E-state index in [0.717, 1.165) is 12.8 Å². The van der Waals surface area contributed by atoms with Gasteiger partial charge in [0.1, 0.15) is 0 Å². The van der Waals surface area contributed by atoms with Gasteiger partial charge in [-0.3, -0.25) is 4.57 Å². The van der Waals surface area contributed by atoms with Gasteiger partial charge in [0.2, 0.25) is 0 Å². The van der Waals surface area contributed by atoms with Crippen molar-refractivity contribution >= 4 is 7.60 Å². The summed E-state index contributed by atoms with van der Waals surface area (Å²) in [4.78, 5) is 0. The van der Waals surface area contributed by atoms with Crippen molar-refractivity contribution in [3.8, 4) is 0 Å². The minimum Gasteiger partial charge on any atom is -0.306 e. The standard InChI is InChI=1S/C8H17O3P/c1-2-3-4-5-8-12(9)10-6-7-11-12/h2-8H2,1H3. The number of hydrogen-bond acceptors (Lipinski definition) is 3. The van der Waals surface area contributed by atoms with Crippen LogP contribution in [0.5, 0.6) is 0 Å². The van der Waals surface area contributed by atoms with E-state index in [1.165, 1.54) is 12.8 Å². The average Bonchev–Trinajstić information content (AvgIpc) is 2.47. The molecule has 0 saturated carbocycles. The van der Waals surface area contributed by atoms with Gasteiger partial charge in [-0.05, 0) is 6.42 Å². The average molecular weight is 192 g/mol. The molecule has 1 heterocycles. The molecule has 12 heavy (non-hydrogen) atoms. The van der Waals surface area contributed by atoms with Crippen molar-refractivity contribution < 1.29 is 13.6 Å². The molecule has 0 unspecified atom stereocenters. The van der Waals surface area contributed by atoms with E-state index in [-0.39, 0.29) is 0 Å². The topological polar surface area (TPSA) is 35.5 Å². The van der Waals surface area contributed by atoms with Gasteiger partial charge in [0.15, 0.2) is 0 Å². The summed E-state index contributed by atoms with van der Waals surface area (Å²) in [6.45, 7) is 3.17. The first kappa shape index (κ1) is 10.2. The Kier molecular flexibility index (Phi) is 4.27. The fraction of sp³-hybridized carbons (Fsp3) is 1.00. The Morgan fingerprint density at radius 3 is 2.42 bits per heavy atom. The van der Waals surface area contributed by atoms with Gasteiger partial charge in [-0.25, -0.2) is 0 Å². The molecule has 1 fully saturated rings. The fourth-order valence-electron chi connectivity index (χ4n) is 1.25. The van der Waals surface area contributed by atoms with Gasteiger partial charge in [0.25, 0.3) is 0 Å². The molecule has 72 valence electrons. The van der Waals surface area contributed by atoms with E-state index in [9.17, 15) is 4.57 Å². The molecule has 0 aliphatic carbocycles. The number of rotatable bonds is 5. The van der Waals surface area contributed by atoms with Crippen LogP contribution in [-0.4, -0.2) is 19.4 Å². The van der Waals surface area contributed by atoms with E-state index in [0.29, 0.717) is 19.4 Å². The van der Waals surface area contributed by atoms with Crippen LogP contribution in [0.3, 0.4) is 0 Å². The van der Waals surface area contributed by atoms with Crippen LogP contribution in [0.1, 0.15) is 32.6 Å². The molecule has 3 nitrogen and oxygen atoms in total. The van der Waals surface area contributed by atoms with Crippen molar-refractivity contribution in [1.82, 2.24) is 0 Å². The lowest BCUT2D eigenvalue weighted by Gasteiger charge is -2.07. The summed E-state index contributed by atoms with van der Waals surface area (Å²) in [5.41, 5.74) is 0. The quantitative estimate of drug-likeness (QED) is 0.496. The third-order valence-corrected chi connectivity index (χ3v) is 3.96. The second-order valence-electron chi connectivity index (χ2n) is 3.06. The van der Waals surface area contributed by atoms with Crippen LogP contribution in [-0.2, 0) is 13.6 Å². The van der Waals surface area contributed by atoms with E-state index in [2.05, 4.69) is 6.92 Å². The first-order valence-electron chi connectivity index (χ1n) is 4.65. The van der Waals surface area contributed by atoms with Crippen molar-refractivity contribution in [1.29, 1.82) is 0 Å². The molecule has 1 aliphatic rings. The summed E-state index contributed by atoms with van der Waals surface area (Å²) in [6.07, 6.45) is 5.11. The Morgan fingerprint density at radius 1 is 1.17 bits per heavy atom. The molecule has 4 heteroatoms. The van der Waals surface area contributed by atoms with Gasteiger partial charge in [-0.1, -0.05) is 26.2 Å². The molecule has 0 aromatic rings. The summed E-state index contributed by atoms with van der Waals surface area (Å²) in [5, 5.41) is 0. The molecular weight excluding hydrogens is 175 g/mol. The molecule has 0 aromatic carbocycles. The first-order chi connectivity index (χ1) is 5.77. The molecule has 0 amide bonds. The normalized spacial score (nSPS) is 21.4. The fourth-order valence-corrected chi connectivity index (χ4v) is 2.90. The molecule has 0 atom stereocenters. The molecule has 0 bridgehead atoms. The van der Waals surface area contributed by atoms with Gasteiger partial charge < -0.3 is 9.05 Å². The molecule has 0 radical (unpaired) electrons. The minimum atomic E-state index is -2.61. The van der Waals surface area contributed by atoms with Crippen LogP contribution in [0.15, 0.2) is 0 Å². The maximum Gasteiger partial charge on any atom is 0.330 e. The molecule has 0 spiro atoms. The third-order valence-electron chi connectivity index (χ3n) is 1.94. The highest BCUT2D eigenvalue weighted by Crippen LogP contribution is 2.52. The maximum atomic E-state index is 11.5. The van der Waals surface area contributed by atoms with Crippen LogP contribution in [0.25, 0.3) is 0 Å². The number of hydrogen-bond donors (Lipinski definition) is 0. The second-order valence-corrected chi connectivity index (χ2v) is 5.25. The van der Waals surface area contributed by atoms with Crippen LogP contribution < -0.4 is 0 Å². The summed E-state index contributed by atoms with van der Waals surface area (Å²) in [7, 11) is -2.61. The lowest BCUT2D eigenvalue weighted by molar-refractivity contribution is 0.350. The zero-order valence-electron chi connectivity index (χ0n) is 7.62. The Bertz CT molecular complexity index is 160. The van der Waals surface area contributed by atoms with Gasteiger partial charge in [-0.15, -0.1) is 0 Å². The zero-order chi connectivity index (χ0) is 8.86. The highest BCUT2D eigenvalue weighted by molar-refractivity contribution is 7.54.